The zero-order valence-corrected chi connectivity index (χ0v) is 17.8. The van der Waals surface area contributed by atoms with Gasteiger partial charge in [-0.05, 0) is 48.4 Å². The number of pyridine rings is 1. The van der Waals surface area contributed by atoms with Crippen LogP contribution in [-0.2, 0) is 13.4 Å². The Kier molecular flexibility index (Phi) is 3.66. The van der Waals surface area contributed by atoms with E-state index in [0.29, 0.717) is 22.4 Å². The summed E-state index contributed by atoms with van der Waals surface area (Å²) >= 11 is 0. The second-order valence-corrected chi connectivity index (χ2v) is 8.68. The van der Waals surface area contributed by atoms with Gasteiger partial charge in [-0.15, -0.1) is 0 Å². The summed E-state index contributed by atoms with van der Waals surface area (Å²) in [6.07, 6.45) is -1.40. The predicted octanol–water partition coefficient (Wildman–Crippen LogP) is 6.83. The highest BCUT2D eigenvalue weighted by atomic mass is 16.3. The van der Waals surface area contributed by atoms with Crippen molar-refractivity contribution in [3.63, 3.8) is 0 Å². The number of aromatic nitrogens is 1. The fourth-order valence-electron chi connectivity index (χ4n) is 3.96. The number of fused-ring (bicyclic) bond motifs is 3. The molecule has 0 atom stereocenters. The van der Waals surface area contributed by atoms with Gasteiger partial charge >= 0.3 is 0 Å². The van der Waals surface area contributed by atoms with E-state index >= 15 is 0 Å². The number of rotatable bonds is 2. The second kappa shape index (κ2) is 6.74. The molecule has 0 radical (unpaired) electrons. The second-order valence-electron chi connectivity index (χ2n) is 8.68. The summed E-state index contributed by atoms with van der Waals surface area (Å²) in [6.45, 7) is 17.0. The van der Waals surface area contributed by atoms with E-state index in [9.17, 15) is 0 Å². The van der Waals surface area contributed by atoms with E-state index in [0.717, 1.165) is 33.2 Å². The van der Waals surface area contributed by atoms with Gasteiger partial charge in [-0.2, -0.15) is 0 Å². The minimum absolute atomic E-state index is 0.227. The third-order valence-corrected chi connectivity index (χ3v) is 5.09. The van der Waals surface area contributed by atoms with Crippen molar-refractivity contribution in [3.05, 3.63) is 70.7 Å². The Morgan fingerprint density at radius 1 is 1.14 bits per heavy atom. The molecule has 4 rings (SSSR count). The van der Waals surface area contributed by atoms with Crippen LogP contribution < -0.4 is 4.57 Å². The largest absolute Gasteiger partial charge is 0.456 e. The number of nitrogens with zero attached hydrogens (tertiary/aromatic N) is 2. The van der Waals surface area contributed by atoms with Crippen molar-refractivity contribution in [2.45, 2.75) is 41.0 Å². The van der Waals surface area contributed by atoms with Crippen LogP contribution in [0.3, 0.4) is 0 Å². The van der Waals surface area contributed by atoms with Crippen molar-refractivity contribution in [1.29, 1.82) is 0 Å². The Morgan fingerprint density at radius 2 is 1.90 bits per heavy atom. The zero-order valence-electron chi connectivity index (χ0n) is 20.8. The molecule has 3 heteroatoms. The SMILES string of the molecule is [2H]c1cc(C([2H])([2H])C(C)(C)C)cc(-c2c(C)cc(C)c3c2oc2cc([N+]#[C-])ccc23)[n+]1C. The number of aryl methyl sites for hydroxylation is 2. The molecule has 0 saturated heterocycles. The van der Waals surface area contributed by atoms with Crippen molar-refractivity contribution in [1.82, 2.24) is 0 Å². The van der Waals surface area contributed by atoms with Crippen molar-refractivity contribution in [2.75, 3.05) is 0 Å². The molecule has 0 unspecified atom stereocenters. The van der Waals surface area contributed by atoms with Crippen LogP contribution in [0.15, 0.2) is 47.0 Å². The third-order valence-electron chi connectivity index (χ3n) is 5.09. The fourth-order valence-corrected chi connectivity index (χ4v) is 3.96. The summed E-state index contributed by atoms with van der Waals surface area (Å²) in [5, 5.41) is 1.92. The highest BCUT2D eigenvalue weighted by Crippen LogP contribution is 2.40. The van der Waals surface area contributed by atoms with Crippen LogP contribution in [0.1, 0.15) is 41.6 Å². The molecule has 0 saturated carbocycles. The van der Waals surface area contributed by atoms with Crippen molar-refractivity contribution >= 4 is 27.6 Å². The van der Waals surface area contributed by atoms with E-state index < -0.39 is 11.8 Å². The maximum Gasteiger partial charge on any atom is 0.216 e. The normalized spacial score (nSPS) is 13.9. The molecule has 0 aliphatic heterocycles. The van der Waals surface area contributed by atoms with E-state index in [1.54, 1.807) is 22.8 Å². The van der Waals surface area contributed by atoms with Crippen LogP contribution in [0, 0.1) is 25.8 Å². The molecular formula is C26H27N2O+. The first kappa shape index (κ1) is 15.8. The van der Waals surface area contributed by atoms with Crippen molar-refractivity contribution in [2.24, 2.45) is 12.5 Å². The van der Waals surface area contributed by atoms with Crippen LogP contribution in [0.25, 0.3) is 38.0 Å². The van der Waals surface area contributed by atoms with Crippen LogP contribution in [0.5, 0.6) is 0 Å². The molecule has 146 valence electrons. The molecule has 0 amide bonds. The van der Waals surface area contributed by atoms with Crippen LogP contribution in [-0.4, -0.2) is 0 Å². The smallest absolute Gasteiger partial charge is 0.216 e. The maximum absolute atomic E-state index is 8.75. The number of furan rings is 1. The van der Waals surface area contributed by atoms with Gasteiger partial charge in [0, 0.05) is 25.6 Å². The monoisotopic (exact) mass is 386 g/mol. The molecule has 0 N–H and O–H groups in total. The molecule has 29 heavy (non-hydrogen) atoms. The van der Waals surface area contributed by atoms with Crippen LogP contribution >= 0.6 is 0 Å². The minimum atomic E-state index is -1.62. The van der Waals surface area contributed by atoms with Gasteiger partial charge in [0.15, 0.2) is 11.9 Å². The Bertz CT molecular complexity index is 1440. The highest BCUT2D eigenvalue weighted by Gasteiger charge is 2.23. The average molecular weight is 387 g/mol. The lowest BCUT2D eigenvalue weighted by atomic mass is 9.87. The minimum Gasteiger partial charge on any atom is -0.456 e. The van der Waals surface area contributed by atoms with Gasteiger partial charge in [0.05, 0.1) is 12.1 Å². The van der Waals surface area contributed by atoms with Gasteiger partial charge in [-0.3, -0.25) is 0 Å². The van der Waals surface area contributed by atoms with E-state index in [1.807, 2.05) is 53.8 Å². The Hall–Kier alpha value is -3.12. The molecule has 0 aliphatic carbocycles. The quantitative estimate of drug-likeness (QED) is 0.273. The summed E-state index contributed by atoms with van der Waals surface area (Å²) in [7, 11) is 1.82. The molecule has 2 aromatic heterocycles. The number of hydrogen-bond donors (Lipinski definition) is 0. The van der Waals surface area contributed by atoms with Gasteiger partial charge in [0.25, 0.3) is 0 Å². The standard InChI is InChI=1S/C26H27N2O/c1-16-12-17(2)24(21-13-18(10-11-28(21)7)15-26(3,4)5)25-23(16)20-9-8-19(27-6)14-22(20)29-25/h8-14H,15H2,1-5,7H3/q+1/i11D,15D2. The maximum atomic E-state index is 8.75. The van der Waals surface area contributed by atoms with Crippen molar-refractivity contribution in [3.8, 4) is 11.3 Å². The molecule has 4 aromatic rings. The van der Waals surface area contributed by atoms with Crippen LogP contribution in [0.2, 0.25) is 0 Å². The lowest BCUT2D eigenvalue weighted by Gasteiger charge is -2.18. The van der Waals surface area contributed by atoms with Gasteiger partial charge in [-0.25, -0.2) is 9.41 Å². The van der Waals surface area contributed by atoms with E-state index in [4.69, 9.17) is 15.1 Å². The summed E-state index contributed by atoms with van der Waals surface area (Å²) < 4.78 is 34.1. The van der Waals surface area contributed by atoms with Crippen LogP contribution in [0.4, 0.5) is 5.69 Å². The van der Waals surface area contributed by atoms with E-state index in [2.05, 4.69) is 10.9 Å². The average Bonchev–Trinajstić information content (AvgIpc) is 3.08. The zero-order chi connectivity index (χ0) is 23.6. The van der Waals surface area contributed by atoms with E-state index in [-0.39, 0.29) is 6.17 Å². The van der Waals surface area contributed by atoms with Gasteiger partial charge in [0.1, 0.15) is 19.6 Å². The third kappa shape index (κ3) is 3.40. The molecule has 0 aliphatic rings. The Balaban J connectivity index is 2.11. The summed E-state index contributed by atoms with van der Waals surface area (Å²) in [5.74, 6) is 0. The highest BCUT2D eigenvalue weighted by molar-refractivity contribution is 6.12. The lowest BCUT2D eigenvalue weighted by Crippen LogP contribution is -2.31. The van der Waals surface area contributed by atoms with Crippen molar-refractivity contribution < 1.29 is 13.1 Å². The molecule has 0 spiro atoms. The van der Waals surface area contributed by atoms with Gasteiger partial charge in [0.2, 0.25) is 5.69 Å². The first-order valence-corrected chi connectivity index (χ1v) is 9.72. The first-order chi connectivity index (χ1) is 14.9. The molecule has 2 aromatic carbocycles. The molecule has 0 fully saturated rings. The predicted molar refractivity (Wildman–Crippen MR) is 119 cm³/mol. The van der Waals surface area contributed by atoms with Gasteiger partial charge < -0.3 is 4.42 Å². The molecule has 2 heterocycles. The summed E-state index contributed by atoms with van der Waals surface area (Å²) in [5.41, 5.74) is 5.34. The number of benzene rings is 2. The fraction of sp³-hybridized carbons (Fsp3) is 0.308. The lowest BCUT2D eigenvalue weighted by molar-refractivity contribution is -0.660. The van der Waals surface area contributed by atoms with Gasteiger partial charge in [-0.1, -0.05) is 39.0 Å². The topological polar surface area (TPSA) is 21.4 Å². The summed E-state index contributed by atoms with van der Waals surface area (Å²) in [4.78, 5) is 3.52. The number of hydrogen-bond acceptors (Lipinski definition) is 1. The first-order valence-electron chi connectivity index (χ1n) is 11.2. The Labute approximate surface area is 176 Å². The van der Waals surface area contributed by atoms with E-state index in [1.165, 1.54) is 0 Å². The molecular weight excluding hydrogens is 356 g/mol. The summed E-state index contributed by atoms with van der Waals surface area (Å²) in [6, 6.07) is 11.0. The molecule has 0 bridgehead atoms. The Morgan fingerprint density at radius 3 is 2.59 bits per heavy atom. The molecule has 3 nitrogen and oxygen atoms in total.